The second-order valence-corrected chi connectivity index (χ2v) is 17.3. The van der Waals surface area contributed by atoms with Crippen molar-refractivity contribution in [2.75, 3.05) is 6.61 Å². The zero-order chi connectivity index (χ0) is 44.5. The van der Waals surface area contributed by atoms with E-state index in [1.54, 1.807) is 0 Å². The fourth-order valence-electron chi connectivity index (χ4n) is 7.51. The molecule has 0 radical (unpaired) electrons. The van der Waals surface area contributed by atoms with Crippen LogP contribution in [0.25, 0.3) is 0 Å². The van der Waals surface area contributed by atoms with Crippen molar-refractivity contribution in [2.45, 2.75) is 257 Å². The van der Waals surface area contributed by atoms with Crippen molar-refractivity contribution in [3.63, 3.8) is 0 Å². The van der Waals surface area contributed by atoms with Gasteiger partial charge in [0.25, 0.3) is 0 Å². The van der Waals surface area contributed by atoms with Gasteiger partial charge in [-0.1, -0.05) is 248 Å². The van der Waals surface area contributed by atoms with E-state index in [0.717, 1.165) is 44.9 Å². The predicted octanol–water partition coefficient (Wildman–Crippen LogP) is 15.4. The van der Waals surface area contributed by atoms with Gasteiger partial charge < -0.3 is 20.3 Å². The minimum atomic E-state index is -0.820. The highest BCUT2D eigenvalue weighted by atomic mass is 16.5. The molecular formula is C55H97NO5. The third-order valence-corrected chi connectivity index (χ3v) is 11.4. The number of allylic oxidation sites excluding steroid dienone is 11. The Kier molecular flexibility index (Phi) is 46.2. The SMILES string of the molecule is CC/C=C/C=C/C=C\C=C/C=C/CC(CC(=O)NC(CO)C(O)CCCCCCCCCCCCCCCC)OC(=O)CCCCCCCCC/C=C/CCCCCCCC. The summed E-state index contributed by atoms with van der Waals surface area (Å²) in [5.41, 5.74) is 0. The molecule has 0 aliphatic carbocycles. The van der Waals surface area contributed by atoms with Crippen LogP contribution in [0.4, 0.5) is 0 Å². The van der Waals surface area contributed by atoms with Crippen LogP contribution in [-0.2, 0) is 14.3 Å². The molecule has 0 aromatic carbocycles. The highest BCUT2D eigenvalue weighted by Crippen LogP contribution is 2.16. The van der Waals surface area contributed by atoms with Gasteiger partial charge in [0.15, 0.2) is 0 Å². The third kappa shape index (κ3) is 43.7. The van der Waals surface area contributed by atoms with E-state index in [1.165, 1.54) is 148 Å². The van der Waals surface area contributed by atoms with Crippen molar-refractivity contribution in [2.24, 2.45) is 0 Å². The molecule has 0 fully saturated rings. The number of nitrogens with one attached hydrogen (secondary N) is 1. The molecule has 0 saturated heterocycles. The smallest absolute Gasteiger partial charge is 0.306 e. The Hall–Kier alpha value is -2.70. The molecule has 0 spiro atoms. The first kappa shape index (κ1) is 58.3. The van der Waals surface area contributed by atoms with E-state index < -0.39 is 18.2 Å². The number of ether oxygens (including phenoxy) is 1. The molecule has 0 aliphatic heterocycles. The predicted molar refractivity (Wildman–Crippen MR) is 264 cm³/mol. The van der Waals surface area contributed by atoms with Crippen LogP contribution in [-0.4, -0.2) is 46.9 Å². The number of unbranched alkanes of at least 4 members (excludes halogenated alkanes) is 26. The van der Waals surface area contributed by atoms with Gasteiger partial charge >= 0.3 is 5.97 Å². The second kappa shape index (κ2) is 48.3. The average molecular weight is 852 g/mol. The van der Waals surface area contributed by atoms with Crippen molar-refractivity contribution in [3.05, 3.63) is 72.9 Å². The molecule has 61 heavy (non-hydrogen) atoms. The van der Waals surface area contributed by atoms with Crippen molar-refractivity contribution in [1.29, 1.82) is 0 Å². The van der Waals surface area contributed by atoms with Gasteiger partial charge in [0.2, 0.25) is 5.91 Å². The lowest BCUT2D eigenvalue weighted by atomic mass is 10.0. The number of aliphatic hydroxyl groups excluding tert-OH is 2. The zero-order valence-electron chi connectivity index (χ0n) is 40.0. The Labute approximate surface area is 377 Å². The fourth-order valence-corrected chi connectivity index (χ4v) is 7.51. The fraction of sp³-hybridized carbons (Fsp3) is 0.745. The first-order valence-corrected chi connectivity index (χ1v) is 25.7. The Balaban J connectivity index is 4.62. The molecule has 6 heteroatoms. The summed E-state index contributed by atoms with van der Waals surface area (Å²) in [6.07, 6.45) is 61.3. The van der Waals surface area contributed by atoms with E-state index >= 15 is 0 Å². The minimum absolute atomic E-state index is 0.0217. The van der Waals surface area contributed by atoms with Gasteiger partial charge in [-0.25, -0.2) is 0 Å². The summed E-state index contributed by atoms with van der Waals surface area (Å²) in [5.74, 6) is -0.612. The van der Waals surface area contributed by atoms with Crippen molar-refractivity contribution < 1.29 is 24.5 Å². The molecule has 0 heterocycles. The molecule has 0 bridgehead atoms. The second-order valence-electron chi connectivity index (χ2n) is 17.3. The molecule has 1 amide bonds. The maximum Gasteiger partial charge on any atom is 0.306 e. The molecular weight excluding hydrogens is 755 g/mol. The molecule has 0 aromatic heterocycles. The summed E-state index contributed by atoms with van der Waals surface area (Å²) in [6.45, 7) is 6.30. The lowest BCUT2D eigenvalue weighted by Crippen LogP contribution is -2.46. The lowest BCUT2D eigenvalue weighted by Gasteiger charge is -2.24. The zero-order valence-corrected chi connectivity index (χ0v) is 40.0. The van der Waals surface area contributed by atoms with Crippen molar-refractivity contribution >= 4 is 11.9 Å². The Morgan fingerprint density at radius 1 is 0.508 bits per heavy atom. The topological polar surface area (TPSA) is 95.9 Å². The first-order valence-electron chi connectivity index (χ1n) is 25.7. The highest BCUT2D eigenvalue weighted by molar-refractivity contribution is 5.77. The van der Waals surface area contributed by atoms with Gasteiger partial charge in [-0.2, -0.15) is 0 Å². The molecule has 0 saturated carbocycles. The molecule has 0 rings (SSSR count). The quantitative estimate of drug-likeness (QED) is 0.0245. The van der Waals surface area contributed by atoms with Crippen LogP contribution < -0.4 is 5.32 Å². The molecule has 0 aliphatic rings. The number of amides is 1. The van der Waals surface area contributed by atoms with Gasteiger partial charge in [0, 0.05) is 12.8 Å². The standard InChI is InChI=1S/C55H97NO5/c1-4-7-10-13-16-19-22-24-26-27-28-30-33-36-39-42-45-48-55(60)61-51(46-43-40-37-34-31-21-18-15-12-9-6-3)49-54(59)56-52(50-57)53(58)47-44-41-38-35-32-29-25-23-20-17-14-11-8-5-2/h9,12,15,18,21,24,26,31,34,37,40,43,51-53,57-58H,4-8,10-11,13-14,16-17,19-20,22-23,25,27-30,32-33,35-36,38-39,41-42,44-50H2,1-3H3,(H,56,59)/b12-9+,18-15+,26-24+,31-21-,37-34-,43-40+. The highest BCUT2D eigenvalue weighted by Gasteiger charge is 2.23. The van der Waals surface area contributed by atoms with E-state index in [4.69, 9.17) is 4.74 Å². The lowest BCUT2D eigenvalue weighted by molar-refractivity contribution is -0.150. The molecule has 3 unspecified atom stereocenters. The number of aliphatic hydroxyl groups is 2. The van der Waals surface area contributed by atoms with Crippen LogP contribution in [0.3, 0.4) is 0 Å². The Morgan fingerprint density at radius 3 is 1.38 bits per heavy atom. The normalized spacial score (nSPS) is 13.9. The van der Waals surface area contributed by atoms with Gasteiger partial charge in [-0.15, -0.1) is 0 Å². The number of rotatable bonds is 45. The van der Waals surface area contributed by atoms with Gasteiger partial charge in [-0.05, 0) is 44.9 Å². The molecule has 3 atom stereocenters. The maximum absolute atomic E-state index is 13.2. The third-order valence-electron chi connectivity index (χ3n) is 11.4. The van der Waals surface area contributed by atoms with E-state index in [-0.39, 0.29) is 24.9 Å². The largest absolute Gasteiger partial charge is 0.461 e. The van der Waals surface area contributed by atoms with Crippen molar-refractivity contribution in [3.8, 4) is 0 Å². The van der Waals surface area contributed by atoms with E-state index in [2.05, 4.69) is 44.3 Å². The van der Waals surface area contributed by atoms with Crippen LogP contribution in [0, 0.1) is 0 Å². The number of carbonyl (C=O) groups excluding carboxylic acids is 2. The molecule has 6 nitrogen and oxygen atoms in total. The van der Waals surface area contributed by atoms with Crippen LogP contribution in [0.1, 0.15) is 239 Å². The molecule has 352 valence electrons. The summed E-state index contributed by atoms with van der Waals surface area (Å²) in [4.78, 5) is 26.0. The average Bonchev–Trinajstić information content (AvgIpc) is 3.25. The van der Waals surface area contributed by atoms with Crippen molar-refractivity contribution in [1.82, 2.24) is 5.32 Å². The number of hydrogen-bond acceptors (Lipinski definition) is 5. The summed E-state index contributed by atoms with van der Waals surface area (Å²) < 4.78 is 5.84. The Bertz CT molecular complexity index is 1140. The number of esters is 1. The van der Waals surface area contributed by atoms with Crippen LogP contribution in [0.5, 0.6) is 0 Å². The van der Waals surface area contributed by atoms with Crippen LogP contribution in [0.15, 0.2) is 72.9 Å². The van der Waals surface area contributed by atoms with Gasteiger partial charge in [-0.3, -0.25) is 9.59 Å². The molecule has 0 aromatic rings. The van der Waals surface area contributed by atoms with E-state index in [0.29, 0.717) is 19.3 Å². The maximum atomic E-state index is 13.2. The van der Waals surface area contributed by atoms with Crippen LogP contribution >= 0.6 is 0 Å². The summed E-state index contributed by atoms with van der Waals surface area (Å²) in [5, 5.41) is 23.7. The monoisotopic (exact) mass is 852 g/mol. The first-order chi connectivity index (χ1) is 30.0. The van der Waals surface area contributed by atoms with Gasteiger partial charge in [0.05, 0.1) is 25.2 Å². The molecule has 3 N–H and O–H groups in total. The number of carbonyl (C=O) groups is 2. The summed E-state index contributed by atoms with van der Waals surface area (Å²) in [6, 6.07) is -0.742. The van der Waals surface area contributed by atoms with E-state index in [1.807, 2.05) is 54.7 Å². The van der Waals surface area contributed by atoms with E-state index in [9.17, 15) is 19.8 Å². The minimum Gasteiger partial charge on any atom is -0.461 e. The number of hydrogen-bond donors (Lipinski definition) is 3. The summed E-state index contributed by atoms with van der Waals surface area (Å²) in [7, 11) is 0. The van der Waals surface area contributed by atoms with Gasteiger partial charge in [0.1, 0.15) is 6.10 Å². The Morgan fingerprint density at radius 2 is 0.918 bits per heavy atom. The van der Waals surface area contributed by atoms with Crippen LogP contribution in [0.2, 0.25) is 0 Å². The summed E-state index contributed by atoms with van der Waals surface area (Å²) >= 11 is 0.